The number of anilines is 1. The molecule has 0 bridgehead atoms. The van der Waals surface area contributed by atoms with Crippen molar-refractivity contribution in [2.45, 2.75) is 26.6 Å². The highest BCUT2D eigenvalue weighted by molar-refractivity contribution is 6.39. The minimum atomic E-state index is -4.80. The smallest absolute Gasteiger partial charge is 0.319 e. The van der Waals surface area contributed by atoms with Crippen LogP contribution < -0.4 is 5.32 Å². The van der Waals surface area contributed by atoms with E-state index in [9.17, 15) is 22.4 Å². The highest BCUT2D eigenvalue weighted by Crippen LogP contribution is 2.35. The summed E-state index contributed by atoms with van der Waals surface area (Å²) in [6.45, 7) is 3.40. The van der Waals surface area contributed by atoms with Gasteiger partial charge in [0.25, 0.3) is 5.91 Å². The molecule has 4 rings (SSSR count). The molecule has 0 saturated heterocycles. The second-order valence-electron chi connectivity index (χ2n) is 7.59. The van der Waals surface area contributed by atoms with Crippen molar-refractivity contribution >= 4 is 45.7 Å². The monoisotopic (exact) mass is 510 g/mol. The number of alkyl halides is 3. The Kier molecular flexibility index (Phi) is 6.26. The third-order valence-corrected chi connectivity index (χ3v) is 5.77. The molecule has 2 aromatic carbocycles. The number of nitrogens with one attached hydrogen (secondary N) is 1. The first-order valence-electron chi connectivity index (χ1n) is 9.91. The van der Waals surface area contributed by atoms with E-state index >= 15 is 0 Å². The maximum absolute atomic E-state index is 14.1. The average Bonchev–Trinajstić information content (AvgIpc) is 3.01. The van der Waals surface area contributed by atoms with Crippen LogP contribution in [0.3, 0.4) is 0 Å². The minimum absolute atomic E-state index is 0.0667. The van der Waals surface area contributed by atoms with Crippen LogP contribution in [0.5, 0.6) is 0 Å². The summed E-state index contributed by atoms with van der Waals surface area (Å²) < 4.78 is 55.9. The number of hydrogen-bond donors (Lipinski definition) is 1. The van der Waals surface area contributed by atoms with Gasteiger partial charge in [0.15, 0.2) is 0 Å². The van der Waals surface area contributed by atoms with Gasteiger partial charge in [0, 0.05) is 16.0 Å². The number of pyridine rings is 1. The second-order valence-corrected chi connectivity index (χ2v) is 8.43. The molecule has 0 saturated carbocycles. The molecule has 2 heterocycles. The third-order valence-electron chi connectivity index (χ3n) is 5.26. The van der Waals surface area contributed by atoms with Gasteiger partial charge in [-0.05, 0) is 38.1 Å². The number of aromatic nitrogens is 3. The van der Waals surface area contributed by atoms with Gasteiger partial charge >= 0.3 is 6.18 Å². The molecule has 0 unspecified atom stereocenters. The van der Waals surface area contributed by atoms with Gasteiger partial charge in [-0.1, -0.05) is 41.4 Å². The fourth-order valence-electron chi connectivity index (χ4n) is 3.59. The molecule has 0 atom stereocenters. The molecule has 5 nitrogen and oxygen atoms in total. The SMILES string of the molecule is Cc1nn(Cc2ccccc2F)c(C)c1NC(=O)c1cc(C(F)(F)F)nc2c(Cl)cc(Cl)cc12. The molecule has 4 aromatic rings. The summed E-state index contributed by atoms with van der Waals surface area (Å²) in [5.74, 6) is -1.23. The number of nitrogens with zero attached hydrogens (tertiary/aromatic N) is 3. The van der Waals surface area contributed by atoms with E-state index in [-0.39, 0.29) is 33.1 Å². The lowest BCUT2D eigenvalue weighted by Gasteiger charge is -2.13. The van der Waals surface area contributed by atoms with E-state index < -0.39 is 23.6 Å². The Labute approximate surface area is 201 Å². The fraction of sp³-hybridized carbons (Fsp3) is 0.174. The van der Waals surface area contributed by atoms with Crippen LogP contribution in [0.25, 0.3) is 10.9 Å². The number of fused-ring (bicyclic) bond motifs is 1. The van der Waals surface area contributed by atoms with E-state index in [4.69, 9.17) is 23.2 Å². The van der Waals surface area contributed by atoms with Gasteiger partial charge in [0.1, 0.15) is 11.5 Å². The molecule has 1 N–H and O–H groups in total. The molecule has 176 valence electrons. The van der Waals surface area contributed by atoms with Crippen molar-refractivity contribution in [1.82, 2.24) is 14.8 Å². The van der Waals surface area contributed by atoms with Gasteiger partial charge in [-0.25, -0.2) is 9.37 Å². The Morgan fingerprint density at radius 1 is 1.12 bits per heavy atom. The predicted octanol–water partition coefficient (Wildman–Crippen LogP) is 6.81. The van der Waals surface area contributed by atoms with Crippen molar-refractivity contribution in [2.75, 3.05) is 5.32 Å². The largest absolute Gasteiger partial charge is 0.433 e. The average molecular weight is 511 g/mol. The van der Waals surface area contributed by atoms with E-state index in [1.807, 2.05) is 0 Å². The van der Waals surface area contributed by atoms with Gasteiger partial charge in [-0.2, -0.15) is 18.3 Å². The van der Waals surface area contributed by atoms with E-state index in [0.717, 1.165) is 0 Å². The van der Waals surface area contributed by atoms with Gasteiger partial charge in [-0.15, -0.1) is 0 Å². The number of hydrogen-bond acceptors (Lipinski definition) is 3. The summed E-state index contributed by atoms with van der Waals surface area (Å²) in [6, 6.07) is 9.42. The highest BCUT2D eigenvalue weighted by atomic mass is 35.5. The van der Waals surface area contributed by atoms with Crippen LogP contribution >= 0.6 is 23.2 Å². The molecule has 0 aliphatic carbocycles. The lowest BCUT2D eigenvalue weighted by Crippen LogP contribution is -2.17. The molecule has 0 fully saturated rings. The number of carbonyl (C=O) groups excluding carboxylic acids is 1. The molecule has 34 heavy (non-hydrogen) atoms. The maximum Gasteiger partial charge on any atom is 0.433 e. The van der Waals surface area contributed by atoms with Gasteiger partial charge in [0.05, 0.1) is 39.7 Å². The van der Waals surface area contributed by atoms with Gasteiger partial charge < -0.3 is 5.32 Å². The lowest BCUT2D eigenvalue weighted by atomic mass is 10.1. The van der Waals surface area contributed by atoms with Crippen LogP contribution in [0, 0.1) is 19.7 Å². The molecule has 1 amide bonds. The number of halogens is 6. The first-order chi connectivity index (χ1) is 16.0. The number of aryl methyl sites for hydroxylation is 1. The molecule has 0 aliphatic rings. The zero-order valence-electron chi connectivity index (χ0n) is 17.8. The Hall–Kier alpha value is -3.17. The normalized spacial score (nSPS) is 11.8. The van der Waals surface area contributed by atoms with E-state index in [2.05, 4.69) is 15.4 Å². The number of benzene rings is 2. The number of rotatable bonds is 4. The number of carbonyl (C=O) groups is 1. The van der Waals surface area contributed by atoms with Crippen LogP contribution in [0.15, 0.2) is 42.5 Å². The Morgan fingerprint density at radius 3 is 2.50 bits per heavy atom. The van der Waals surface area contributed by atoms with Crippen LogP contribution in [0.4, 0.5) is 23.2 Å². The Balaban J connectivity index is 1.75. The zero-order chi connectivity index (χ0) is 24.8. The maximum atomic E-state index is 14.1. The van der Waals surface area contributed by atoms with Crippen molar-refractivity contribution in [2.24, 2.45) is 0 Å². The fourth-order valence-corrected chi connectivity index (χ4v) is 4.12. The quantitative estimate of drug-likeness (QED) is 0.306. The molecule has 0 aliphatic heterocycles. The highest BCUT2D eigenvalue weighted by Gasteiger charge is 2.34. The summed E-state index contributed by atoms with van der Waals surface area (Å²) in [6.07, 6.45) is -4.80. The van der Waals surface area contributed by atoms with Crippen LogP contribution in [0.2, 0.25) is 10.0 Å². The molecule has 2 aromatic heterocycles. The number of amides is 1. The molecule has 11 heteroatoms. The van der Waals surface area contributed by atoms with Crippen molar-refractivity contribution in [3.63, 3.8) is 0 Å². The predicted molar refractivity (Wildman–Crippen MR) is 122 cm³/mol. The van der Waals surface area contributed by atoms with Gasteiger partial charge in [0.2, 0.25) is 0 Å². The minimum Gasteiger partial charge on any atom is -0.319 e. The first-order valence-corrected chi connectivity index (χ1v) is 10.7. The zero-order valence-corrected chi connectivity index (χ0v) is 19.3. The Bertz CT molecular complexity index is 1430. The first kappa shape index (κ1) is 24.0. The van der Waals surface area contributed by atoms with Crippen molar-refractivity contribution in [1.29, 1.82) is 0 Å². The van der Waals surface area contributed by atoms with Crippen molar-refractivity contribution in [3.05, 3.63) is 86.5 Å². The standard InChI is InChI=1S/C23H16Cl2F4N4O/c1-11-20(12(2)33(32-11)10-13-5-3-4-6-18(13)26)31-22(34)16-9-19(23(27,28)29)30-21-15(16)7-14(24)8-17(21)25/h3-9H,10H2,1-2H3,(H,31,34). The second kappa shape index (κ2) is 8.88. The van der Waals surface area contributed by atoms with E-state index in [0.29, 0.717) is 28.7 Å². The van der Waals surface area contributed by atoms with E-state index in [1.54, 1.807) is 32.0 Å². The van der Waals surface area contributed by atoms with Crippen LogP contribution in [-0.2, 0) is 12.7 Å². The third kappa shape index (κ3) is 4.58. The molecular weight excluding hydrogens is 495 g/mol. The lowest BCUT2D eigenvalue weighted by molar-refractivity contribution is -0.140. The van der Waals surface area contributed by atoms with Crippen LogP contribution in [0.1, 0.15) is 33.0 Å². The topological polar surface area (TPSA) is 59.8 Å². The van der Waals surface area contributed by atoms with Crippen molar-refractivity contribution < 1.29 is 22.4 Å². The van der Waals surface area contributed by atoms with Crippen molar-refractivity contribution in [3.8, 4) is 0 Å². The molecular formula is C23H16Cl2F4N4O. The van der Waals surface area contributed by atoms with Gasteiger partial charge in [-0.3, -0.25) is 9.48 Å². The molecule has 0 radical (unpaired) electrons. The van der Waals surface area contributed by atoms with E-state index in [1.165, 1.54) is 22.9 Å². The summed E-state index contributed by atoms with van der Waals surface area (Å²) >= 11 is 12.1. The summed E-state index contributed by atoms with van der Waals surface area (Å²) in [4.78, 5) is 16.8. The molecule has 0 spiro atoms. The summed E-state index contributed by atoms with van der Waals surface area (Å²) in [7, 11) is 0. The van der Waals surface area contributed by atoms with Crippen LogP contribution in [-0.4, -0.2) is 20.7 Å². The summed E-state index contributed by atoms with van der Waals surface area (Å²) in [5.41, 5.74) is -0.166. The summed E-state index contributed by atoms with van der Waals surface area (Å²) in [5, 5.41) is 7.06. The Morgan fingerprint density at radius 2 is 1.82 bits per heavy atom.